The van der Waals surface area contributed by atoms with Gasteiger partial charge in [0, 0.05) is 30.5 Å². The van der Waals surface area contributed by atoms with Crippen LogP contribution in [-0.4, -0.2) is 29.3 Å². The van der Waals surface area contributed by atoms with Gasteiger partial charge in [-0.1, -0.05) is 18.2 Å². The number of hydrogen-bond donors (Lipinski definition) is 1. The Balaban J connectivity index is 1.53. The van der Waals surface area contributed by atoms with E-state index < -0.39 is 0 Å². The summed E-state index contributed by atoms with van der Waals surface area (Å²) in [5, 5.41) is 9.11. The zero-order valence-corrected chi connectivity index (χ0v) is 12.5. The first-order valence-electron chi connectivity index (χ1n) is 7.33. The van der Waals surface area contributed by atoms with Crippen LogP contribution < -0.4 is 4.90 Å². The predicted molar refractivity (Wildman–Crippen MR) is 82.1 cm³/mol. The second-order valence-electron chi connectivity index (χ2n) is 5.55. The van der Waals surface area contributed by atoms with Gasteiger partial charge in [-0.05, 0) is 24.6 Å². The summed E-state index contributed by atoms with van der Waals surface area (Å²) in [6.07, 6.45) is 1.91. The molecule has 1 fully saturated rings. The third-order valence-electron chi connectivity index (χ3n) is 3.88. The molecule has 2 heterocycles. The highest BCUT2D eigenvalue weighted by molar-refractivity contribution is 5.52. The lowest BCUT2D eigenvalue weighted by Crippen LogP contribution is -2.52. The number of rotatable bonds is 5. The second kappa shape index (κ2) is 6.42. The normalized spacial score (nSPS) is 15.0. The topological polar surface area (TPSA) is 45.6 Å². The molecule has 1 aromatic heterocycles. The van der Waals surface area contributed by atoms with Crippen molar-refractivity contribution < 1.29 is 14.2 Å². The molecule has 5 heteroatoms. The van der Waals surface area contributed by atoms with Crippen molar-refractivity contribution in [3.05, 3.63) is 59.2 Å². The molecule has 3 rings (SSSR count). The Morgan fingerprint density at radius 3 is 2.82 bits per heavy atom. The van der Waals surface area contributed by atoms with Crippen molar-refractivity contribution >= 4 is 5.69 Å². The summed E-state index contributed by atoms with van der Waals surface area (Å²) in [6, 6.07) is 9.05. The highest BCUT2D eigenvalue weighted by Gasteiger charge is 2.29. The maximum atomic E-state index is 14.1. The summed E-state index contributed by atoms with van der Waals surface area (Å²) in [5.41, 5.74) is 2.88. The second-order valence-corrected chi connectivity index (χ2v) is 5.55. The SMILES string of the molecule is Cc1ccc(COC2CN(c3cccc(CO)c3F)C2)cn1. The van der Waals surface area contributed by atoms with E-state index in [0.717, 1.165) is 11.3 Å². The number of benzene rings is 1. The maximum Gasteiger partial charge on any atom is 0.151 e. The number of aryl methyl sites for hydroxylation is 1. The molecule has 1 N–H and O–H groups in total. The molecule has 1 aliphatic heterocycles. The highest BCUT2D eigenvalue weighted by atomic mass is 19.1. The number of ether oxygens (including phenoxy) is 1. The van der Waals surface area contributed by atoms with Crippen molar-refractivity contribution in [1.82, 2.24) is 4.98 Å². The van der Waals surface area contributed by atoms with Gasteiger partial charge >= 0.3 is 0 Å². The average molecular weight is 302 g/mol. The minimum atomic E-state index is -0.341. The van der Waals surface area contributed by atoms with E-state index >= 15 is 0 Å². The van der Waals surface area contributed by atoms with Crippen LogP contribution in [0.4, 0.5) is 10.1 Å². The van der Waals surface area contributed by atoms with Crippen LogP contribution in [0.15, 0.2) is 36.5 Å². The summed E-state index contributed by atoms with van der Waals surface area (Å²) in [4.78, 5) is 6.15. The molecule has 116 valence electrons. The maximum absolute atomic E-state index is 14.1. The van der Waals surface area contributed by atoms with Gasteiger partial charge in [0.25, 0.3) is 0 Å². The van der Waals surface area contributed by atoms with Crippen molar-refractivity contribution in [2.75, 3.05) is 18.0 Å². The number of hydrogen-bond acceptors (Lipinski definition) is 4. The molecule has 4 nitrogen and oxygen atoms in total. The Morgan fingerprint density at radius 1 is 1.32 bits per heavy atom. The lowest BCUT2D eigenvalue weighted by molar-refractivity contribution is 0.0220. The molecule has 0 aliphatic carbocycles. The molecule has 0 spiro atoms. The molecule has 0 saturated carbocycles. The number of aromatic nitrogens is 1. The first-order chi connectivity index (χ1) is 10.7. The molecule has 0 radical (unpaired) electrons. The molecule has 0 atom stereocenters. The minimum Gasteiger partial charge on any atom is -0.392 e. The summed E-state index contributed by atoms with van der Waals surface area (Å²) in [5.74, 6) is -0.341. The molecule has 2 aromatic rings. The zero-order valence-electron chi connectivity index (χ0n) is 12.5. The Hall–Kier alpha value is -1.98. The van der Waals surface area contributed by atoms with E-state index in [1.54, 1.807) is 18.2 Å². The molecule has 1 aliphatic rings. The molecule has 0 amide bonds. The standard InChI is InChI=1S/C17H19FN2O2/c1-12-5-6-13(7-19-12)11-22-15-8-20(9-15)16-4-2-3-14(10-21)17(16)18/h2-7,15,21H,8-11H2,1H3. The first kappa shape index (κ1) is 14.9. The van der Waals surface area contributed by atoms with Gasteiger partial charge in [-0.25, -0.2) is 4.39 Å². The quantitative estimate of drug-likeness (QED) is 0.921. The van der Waals surface area contributed by atoms with E-state index in [9.17, 15) is 4.39 Å². The predicted octanol–water partition coefficient (Wildman–Crippen LogP) is 2.43. The van der Waals surface area contributed by atoms with Crippen LogP contribution in [-0.2, 0) is 18.0 Å². The van der Waals surface area contributed by atoms with Gasteiger partial charge in [-0.15, -0.1) is 0 Å². The van der Waals surface area contributed by atoms with Gasteiger partial charge in [0.05, 0.1) is 25.0 Å². The number of halogens is 1. The van der Waals surface area contributed by atoms with Crippen molar-refractivity contribution in [2.45, 2.75) is 26.2 Å². The number of aliphatic hydroxyl groups excluding tert-OH is 1. The lowest BCUT2D eigenvalue weighted by atomic mass is 10.1. The molecular weight excluding hydrogens is 283 g/mol. The van der Waals surface area contributed by atoms with Gasteiger partial charge in [0.15, 0.2) is 5.82 Å². The van der Waals surface area contributed by atoms with Crippen LogP contribution in [0.3, 0.4) is 0 Å². The van der Waals surface area contributed by atoms with Crippen LogP contribution in [0, 0.1) is 12.7 Å². The number of anilines is 1. The largest absolute Gasteiger partial charge is 0.392 e. The van der Waals surface area contributed by atoms with Gasteiger partial charge in [-0.2, -0.15) is 0 Å². The Kier molecular flexibility index (Phi) is 4.36. The molecular formula is C17H19FN2O2. The third-order valence-corrected chi connectivity index (χ3v) is 3.88. The van der Waals surface area contributed by atoms with E-state index in [1.807, 2.05) is 30.2 Å². The Bertz CT molecular complexity index is 640. The van der Waals surface area contributed by atoms with Crippen molar-refractivity contribution in [1.29, 1.82) is 0 Å². The smallest absolute Gasteiger partial charge is 0.151 e. The summed E-state index contributed by atoms with van der Waals surface area (Å²) in [7, 11) is 0. The highest BCUT2D eigenvalue weighted by Crippen LogP contribution is 2.27. The van der Waals surface area contributed by atoms with E-state index in [-0.39, 0.29) is 18.5 Å². The summed E-state index contributed by atoms with van der Waals surface area (Å²) in [6.45, 7) is 3.50. The van der Waals surface area contributed by atoms with Crippen LogP contribution in [0.2, 0.25) is 0 Å². The fourth-order valence-electron chi connectivity index (χ4n) is 2.47. The number of pyridine rings is 1. The van der Waals surface area contributed by atoms with Crippen molar-refractivity contribution in [2.24, 2.45) is 0 Å². The van der Waals surface area contributed by atoms with Crippen LogP contribution in [0.5, 0.6) is 0 Å². The van der Waals surface area contributed by atoms with Crippen molar-refractivity contribution in [3.8, 4) is 0 Å². The van der Waals surface area contributed by atoms with Crippen LogP contribution >= 0.6 is 0 Å². The van der Waals surface area contributed by atoms with Crippen LogP contribution in [0.25, 0.3) is 0 Å². The molecule has 0 bridgehead atoms. The van der Waals surface area contributed by atoms with Crippen LogP contribution in [0.1, 0.15) is 16.8 Å². The lowest BCUT2D eigenvalue weighted by Gasteiger charge is -2.41. The first-order valence-corrected chi connectivity index (χ1v) is 7.33. The zero-order chi connectivity index (χ0) is 15.5. The third kappa shape index (κ3) is 3.10. The van der Waals surface area contributed by atoms with E-state index in [2.05, 4.69) is 4.98 Å². The minimum absolute atomic E-state index is 0.0958. The molecule has 1 saturated heterocycles. The van der Waals surface area contributed by atoms with Gasteiger partial charge < -0.3 is 14.7 Å². The van der Waals surface area contributed by atoms with Gasteiger partial charge in [0.2, 0.25) is 0 Å². The summed E-state index contributed by atoms with van der Waals surface area (Å²) < 4.78 is 19.9. The summed E-state index contributed by atoms with van der Waals surface area (Å²) >= 11 is 0. The average Bonchev–Trinajstić information content (AvgIpc) is 2.49. The van der Waals surface area contributed by atoms with E-state index in [4.69, 9.17) is 9.84 Å². The molecule has 0 unspecified atom stereocenters. The van der Waals surface area contributed by atoms with E-state index in [0.29, 0.717) is 30.9 Å². The monoisotopic (exact) mass is 302 g/mol. The molecule has 22 heavy (non-hydrogen) atoms. The Labute approximate surface area is 129 Å². The van der Waals surface area contributed by atoms with Gasteiger partial charge in [0.1, 0.15) is 0 Å². The van der Waals surface area contributed by atoms with E-state index in [1.165, 1.54) is 0 Å². The molecule has 1 aromatic carbocycles. The number of aliphatic hydroxyl groups is 1. The fourth-order valence-corrected chi connectivity index (χ4v) is 2.47. The van der Waals surface area contributed by atoms with Gasteiger partial charge in [-0.3, -0.25) is 4.98 Å². The Morgan fingerprint density at radius 2 is 2.14 bits per heavy atom. The number of nitrogens with zero attached hydrogens (tertiary/aromatic N) is 2. The fraction of sp³-hybridized carbons (Fsp3) is 0.353. The van der Waals surface area contributed by atoms with Crippen molar-refractivity contribution in [3.63, 3.8) is 0 Å².